The van der Waals surface area contributed by atoms with Crippen LogP contribution in [0.3, 0.4) is 0 Å². The van der Waals surface area contributed by atoms with Crippen molar-refractivity contribution in [1.82, 2.24) is 5.32 Å². The third-order valence-corrected chi connectivity index (χ3v) is 3.11. The molecule has 0 saturated carbocycles. The molecule has 0 unspecified atom stereocenters. The van der Waals surface area contributed by atoms with Gasteiger partial charge in [0.15, 0.2) is 5.96 Å². The summed E-state index contributed by atoms with van der Waals surface area (Å²) in [5, 5.41) is 2.90. The smallest absolute Gasteiger partial charge is 0.217 e. The molecule has 0 heterocycles. The number of rotatable bonds is 11. The van der Waals surface area contributed by atoms with Crippen LogP contribution < -0.4 is 16.8 Å². The fraction of sp³-hybridized carbons (Fsp3) is 0.867. The number of carbonyl (C=O) groups excluding carboxylic acids is 1. The number of carbonyl (C=O) groups is 1. The Labute approximate surface area is 133 Å². The molecule has 0 aliphatic heterocycles. The van der Waals surface area contributed by atoms with Crippen LogP contribution in [0.4, 0.5) is 0 Å². The van der Waals surface area contributed by atoms with Crippen LogP contribution in [0.25, 0.3) is 0 Å². The molecule has 22 heavy (non-hydrogen) atoms. The molecular weight excluding hydrogens is 284 g/mol. The summed E-state index contributed by atoms with van der Waals surface area (Å²) in [5.74, 6) is 0.0486. The lowest BCUT2D eigenvalue weighted by Gasteiger charge is -2.30. The number of hydrogen-bond donors (Lipinski definition) is 3. The van der Waals surface area contributed by atoms with Crippen LogP contribution in [0.15, 0.2) is 4.99 Å². The SMILES string of the molecule is CC(=O)NC(C)(C)CCOC(C)(C)CCOCCN=C(N)N. The molecule has 0 spiro atoms. The number of amides is 1. The van der Waals surface area contributed by atoms with E-state index in [1.165, 1.54) is 6.92 Å². The molecule has 0 saturated heterocycles. The maximum absolute atomic E-state index is 11.1. The molecule has 0 rings (SSSR count). The standard InChI is InChI=1S/C15H32N4O3/c1-12(20)19-14(2,3)6-10-22-15(4,5)7-9-21-11-8-18-13(16)17/h6-11H2,1-5H3,(H,19,20)(H4,16,17,18). The zero-order valence-electron chi connectivity index (χ0n) is 14.6. The van der Waals surface area contributed by atoms with Crippen molar-refractivity contribution in [3.8, 4) is 0 Å². The zero-order valence-corrected chi connectivity index (χ0v) is 14.6. The Kier molecular flexibility index (Phi) is 9.04. The minimum atomic E-state index is -0.275. The second kappa shape index (κ2) is 9.63. The van der Waals surface area contributed by atoms with Crippen molar-refractivity contribution in [1.29, 1.82) is 0 Å². The van der Waals surface area contributed by atoms with Gasteiger partial charge in [0.1, 0.15) is 0 Å². The maximum Gasteiger partial charge on any atom is 0.217 e. The largest absolute Gasteiger partial charge is 0.379 e. The molecule has 0 aromatic carbocycles. The van der Waals surface area contributed by atoms with E-state index in [0.29, 0.717) is 26.4 Å². The van der Waals surface area contributed by atoms with Crippen molar-refractivity contribution in [2.45, 2.75) is 58.6 Å². The van der Waals surface area contributed by atoms with E-state index in [9.17, 15) is 4.79 Å². The van der Waals surface area contributed by atoms with Crippen molar-refractivity contribution in [3.05, 3.63) is 0 Å². The summed E-state index contributed by atoms with van der Waals surface area (Å²) in [5.41, 5.74) is 9.90. The van der Waals surface area contributed by atoms with Gasteiger partial charge in [0.25, 0.3) is 0 Å². The van der Waals surface area contributed by atoms with Crippen molar-refractivity contribution in [3.63, 3.8) is 0 Å². The summed E-state index contributed by atoms with van der Waals surface area (Å²) in [6.07, 6.45) is 1.52. The Bertz CT molecular complexity index is 364. The van der Waals surface area contributed by atoms with E-state index in [2.05, 4.69) is 10.3 Å². The second-order valence-electron chi connectivity index (χ2n) is 6.59. The normalized spacial score (nSPS) is 12.0. The number of nitrogens with zero attached hydrogens (tertiary/aromatic N) is 1. The summed E-state index contributed by atoms with van der Waals surface area (Å²) in [4.78, 5) is 14.9. The average Bonchev–Trinajstić information content (AvgIpc) is 2.30. The number of guanidine groups is 1. The third kappa shape index (κ3) is 12.4. The van der Waals surface area contributed by atoms with Gasteiger partial charge in [-0.15, -0.1) is 0 Å². The molecule has 5 N–H and O–H groups in total. The second-order valence-corrected chi connectivity index (χ2v) is 6.59. The summed E-state index contributed by atoms with van der Waals surface area (Å²) in [7, 11) is 0. The Balaban J connectivity index is 3.85. The van der Waals surface area contributed by atoms with E-state index >= 15 is 0 Å². The van der Waals surface area contributed by atoms with Gasteiger partial charge in [0.05, 0.1) is 18.8 Å². The topological polar surface area (TPSA) is 112 Å². The quantitative estimate of drug-likeness (QED) is 0.296. The number of nitrogens with one attached hydrogen (secondary N) is 1. The van der Waals surface area contributed by atoms with Crippen LogP contribution in [0.1, 0.15) is 47.5 Å². The highest BCUT2D eigenvalue weighted by molar-refractivity contribution is 5.75. The van der Waals surface area contributed by atoms with Crippen LogP contribution >= 0.6 is 0 Å². The fourth-order valence-corrected chi connectivity index (χ4v) is 1.85. The maximum atomic E-state index is 11.1. The van der Waals surface area contributed by atoms with Crippen LogP contribution in [0, 0.1) is 0 Å². The highest BCUT2D eigenvalue weighted by Gasteiger charge is 2.22. The number of hydrogen-bond acceptors (Lipinski definition) is 4. The Hall–Kier alpha value is -1.34. The van der Waals surface area contributed by atoms with Gasteiger partial charge in [-0.25, -0.2) is 0 Å². The van der Waals surface area contributed by atoms with Crippen LogP contribution in [0.5, 0.6) is 0 Å². The van der Waals surface area contributed by atoms with Crippen LogP contribution in [0.2, 0.25) is 0 Å². The fourth-order valence-electron chi connectivity index (χ4n) is 1.85. The van der Waals surface area contributed by atoms with Crippen molar-refractivity contribution < 1.29 is 14.3 Å². The average molecular weight is 316 g/mol. The predicted octanol–water partition coefficient (Wildman–Crippen LogP) is 0.767. The van der Waals surface area contributed by atoms with Crippen molar-refractivity contribution >= 4 is 11.9 Å². The summed E-state index contributed by atoms with van der Waals surface area (Å²) < 4.78 is 11.4. The number of aliphatic imine (C=N–C) groups is 1. The highest BCUT2D eigenvalue weighted by atomic mass is 16.5. The molecular formula is C15H32N4O3. The van der Waals surface area contributed by atoms with Gasteiger partial charge in [-0.2, -0.15) is 0 Å². The number of ether oxygens (including phenoxy) is 2. The molecule has 0 radical (unpaired) electrons. The lowest BCUT2D eigenvalue weighted by Crippen LogP contribution is -2.43. The minimum Gasteiger partial charge on any atom is -0.379 e. The van der Waals surface area contributed by atoms with Crippen molar-refractivity contribution in [2.75, 3.05) is 26.4 Å². The molecule has 0 aliphatic rings. The van der Waals surface area contributed by atoms with Gasteiger partial charge >= 0.3 is 0 Å². The van der Waals surface area contributed by atoms with Crippen molar-refractivity contribution in [2.24, 2.45) is 16.5 Å². The molecule has 0 aromatic rings. The molecule has 7 nitrogen and oxygen atoms in total. The zero-order chi connectivity index (χ0) is 17.2. The molecule has 1 amide bonds. The van der Waals surface area contributed by atoms with E-state index in [1.54, 1.807) is 0 Å². The molecule has 0 atom stereocenters. The lowest BCUT2D eigenvalue weighted by atomic mass is 10.0. The van der Waals surface area contributed by atoms with Gasteiger partial charge < -0.3 is 26.3 Å². The van der Waals surface area contributed by atoms with E-state index in [-0.39, 0.29) is 23.0 Å². The Morgan fingerprint density at radius 1 is 1.09 bits per heavy atom. The third-order valence-electron chi connectivity index (χ3n) is 3.11. The first-order valence-corrected chi connectivity index (χ1v) is 7.60. The Morgan fingerprint density at radius 3 is 2.27 bits per heavy atom. The molecule has 0 fully saturated rings. The van der Waals surface area contributed by atoms with Gasteiger partial charge in [-0.1, -0.05) is 0 Å². The highest BCUT2D eigenvalue weighted by Crippen LogP contribution is 2.17. The monoisotopic (exact) mass is 316 g/mol. The van der Waals surface area contributed by atoms with Crippen LogP contribution in [-0.4, -0.2) is 49.4 Å². The van der Waals surface area contributed by atoms with Crippen LogP contribution in [-0.2, 0) is 14.3 Å². The minimum absolute atomic E-state index is 0.0292. The molecule has 130 valence electrons. The van der Waals surface area contributed by atoms with Gasteiger partial charge in [0, 0.05) is 25.7 Å². The van der Waals surface area contributed by atoms with Gasteiger partial charge in [-0.3, -0.25) is 9.79 Å². The lowest BCUT2D eigenvalue weighted by molar-refractivity contribution is -0.120. The molecule has 0 aromatic heterocycles. The molecule has 7 heteroatoms. The van der Waals surface area contributed by atoms with Gasteiger partial charge in [-0.05, 0) is 40.5 Å². The predicted molar refractivity (Wildman–Crippen MR) is 88.7 cm³/mol. The first kappa shape index (κ1) is 20.7. The Morgan fingerprint density at radius 2 is 1.73 bits per heavy atom. The van der Waals surface area contributed by atoms with E-state index in [4.69, 9.17) is 20.9 Å². The summed E-state index contributed by atoms with van der Waals surface area (Å²) in [6.45, 7) is 11.7. The first-order chi connectivity index (χ1) is 10.0. The summed E-state index contributed by atoms with van der Waals surface area (Å²) >= 11 is 0. The summed E-state index contributed by atoms with van der Waals surface area (Å²) in [6, 6.07) is 0. The molecule has 0 bridgehead atoms. The first-order valence-electron chi connectivity index (χ1n) is 7.60. The number of nitrogens with two attached hydrogens (primary N) is 2. The molecule has 0 aliphatic carbocycles. The van der Waals surface area contributed by atoms with Gasteiger partial charge in [0.2, 0.25) is 5.91 Å². The van der Waals surface area contributed by atoms with E-state index in [0.717, 1.165) is 12.8 Å². The van der Waals surface area contributed by atoms with E-state index < -0.39 is 0 Å². The van der Waals surface area contributed by atoms with E-state index in [1.807, 2.05) is 27.7 Å².